The first-order valence-corrected chi connectivity index (χ1v) is 5.81. The summed E-state index contributed by atoms with van der Waals surface area (Å²) in [5.41, 5.74) is -0.170. The van der Waals surface area contributed by atoms with Crippen LogP contribution < -0.4 is 0 Å². The third kappa shape index (κ3) is 2.42. The van der Waals surface area contributed by atoms with E-state index in [1.807, 2.05) is 20.8 Å². The predicted octanol–water partition coefficient (Wildman–Crippen LogP) is 3.07. The van der Waals surface area contributed by atoms with Gasteiger partial charge in [-0.25, -0.2) is 0 Å². The quantitative estimate of drug-likeness (QED) is 0.515. The number of fused-ring (bicyclic) bond motifs is 1. The van der Waals surface area contributed by atoms with Crippen LogP contribution >= 0.6 is 0 Å². The maximum absolute atomic E-state index is 11.7. The van der Waals surface area contributed by atoms with E-state index in [0.29, 0.717) is 6.42 Å². The van der Waals surface area contributed by atoms with Gasteiger partial charge in [-0.1, -0.05) is 12.2 Å². The van der Waals surface area contributed by atoms with Crippen molar-refractivity contribution in [2.24, 2.45) is 11.3 Å². The van der Waals surface area contributed by atoms with Crippen molar-refractivity contribution in [2.45, 2.75) is 52.1 Å². The van der Waals surface area contributed by atoms with Gasteiger partial charge in [0.2, 0.25) is 0 Å². The number of carbonyl (C=O) groups excluding carboxylic acids is 1. The maximum Gasteiger partial charge on any atom is 0.307 e. The number of ether oxygens (including phenoxy) is 1. The lowest BCUT2D eigenvalue weighted by molar-refractivity contribution is -0.156. The van der Waals surface area contributed by atoms with Crippen molar-refractivity contribution < 1.29 is 9.53 Å². The van der Waals surface area contributed by atoms with Gasteiger partial charge in [0.05, 0.1) is 6.42 Å². The predicted molar refractivity (Wildman–Crippen MR) is 59.4 cm³/mol. The molecule has 1 saturated carbocycles. The van der Waals surface area contributed by atoms with Crippen LogP contribution in [-0.4, -0.2) is 11.6 Å². The van der Waals surface area contributed by atoms with Crippen LogP contribution in [0.15, 0.2) is 12.2 Å². The summed E-state index contributed by atoms with van der Waals surface area (Å²) in [4.78, 5) is 11.7. The normalized spacial score (nSPS) is 33.4. The molecule has 2 rings (SSSR count). The van der Waals surface area contributed by atoms with Gasteiger partial charge >= 0.3 is 5.97 Å². The topological polar surface area (TPSA) is 26.3 Å². The van der Waals surface area contributed by atoms with E-state index in [-0.39, 0.29) is 17.0 Å². The maximum atomic E-state index is 11.7. The molecule has 2 aliphatic carbocycles. The molecule has 2 heteroatoms. The zero-order valence-electron chi connectivity index (χ0n) is 9.88. The van der Waals surface area contributed by atoms with E-state index in [1.54, 1.807) is 0 Å². The van der Waals surface area contributed by atoms with Crippen LogP contribution in [0.5, 0.6) is 0 Å². The van der Waals surface area contributed by atoms with E-state index in [4.69, 9.17) is 4.74 Å². The Morgan fingerprint density at radius 3 is 2.87 bits per heavy atom. The molecule has 2 nitrogen and oxygen atoms in total. The first kappa shape index (κ1) is 10.7. The average molecular weight is 208 g/mol. The van der Waals surface area contributed by atoms with Crippen molar-refractivity contribution in [3.8, 4) is 0 Å². The second-order valence-corrected chi connectivity index (χ2v) is 5.88. The molecule has 0 aromatic rings. The first-order chi connectivity index (χ1) is 6.91. The zero-order valence-corrected chi connectivity index (χ0v) is 9.88. The van der Waals surface area contributed by atoms with Crippen LogP contribution in [-0.2, 0) is 9.53 Å². The van der Waals surface area contributed by atoms with Gasteiger partial charge in [0, 0.05) is 5.41 Å². The summed E-state index contributed by atoms with van der Waals surface area (Å²) >= 11 is 0. The lowest BCUT2D eigenvalue weighted by Crippen LogP contribution is -2.25. The van der Waals surface area contributed by atoms with E-state index in [9.17, 15) is 4.79 Å². The van der Waals surface area contributed by atoms with Gasteiger partial charge in [-0.3, -0.25) is 4.79 Å². The Hall–Kier alpha value is -0.790. The molecule has 2 unspecified atom stereocenters. The minimum absolute atomic E-state index is 0.0449. The van der Waals surface area contributed by atoms with E-state index >= 15 is 0 Å². The average Bonchev–Trinajstić information content (AvgIpc) is 2.73. The van der Waals surface area contributed by atoms with Gasteiger partial charge in [-0.2, -0.15) is 0 Å². The summed E-state index contributed by atoms with van der Waals surface area (Å²) in [7, 11) is 0. The molecule has 2 atom stereocenters. The smallest absolute Gasteiger partial charge is 0.307 e. The zero-order chi connectivity index (χ0) is 11.1. The number of carbonyl (C=O) groups is 1. The molecule has 0 N–H and O–H groups in total. The molecule has 0 radical (unpaired) electrons. The van der Waals surface area contributed by atoms with Gasteiger partial charge in [0.1, 0.15) is 5.60 Å². The molecule has 0 heterocycles. The van der Waals surface area contributed by atoms with Crippen molar-refractivity contribution in [3.63, 3.8) is 0 Å². The summed E-state index contributed by atoms with van der Waals surface area (Å²) in [6.07, 6.45) is 8.65. The molecule has 0 amide bonds. The molecule has 0 bridgehead atoms. The largest absolute Gasteiger partial charge is 0.460 e. The number of allylic oxidation sites excluding steroid dienone is 2. The summed E-state index contributed by atoms with van der Waals surface area (Å²) in [5.74, 6) is 0.701. The van der Waals surface area contributed by atoms with E-state index < -0.39 is 0 Å². The van der Waals surface area contributed by atoms with Crippen molar-refractivity contribution >= 4 is 5.97 Å². The van der Waals surface area contributed by atoms with Crippen LogP contribution in [0.4, 0.5) is 0 Å². The van der Waals surface area contributed by atoms with Gasteiger partial charge in [0.25, 0.3) is 0 Å². The van der Waals surface area contributed by atoms with Gasteiger partial charge in [0.15, 0.2) is 0 Å². The van der Waals surface area contributed by atoms with Crippen molar-refractivity contribution in [1.82, 2.24) is 0 Å². The lowest BCUT2D eigenvalue weighted by Gasteiger charge is -2.22. The minimum Gasteiger partial charge on any atom is -0.460 e. The molecule has 15 heavy (non-hydrogen) atoms. The van der Waals surface area contributed by atoms with E-state index in [2.05, 4.69) is 12.2 Å². The highest BCUT2D eigenvalue weighted by molar-refractivity contribution is 5.72. The monoisotopic (exact) mass is 208 g/mol. The third-order valence-electron chi connectivity index (χ3n) is 3.30. The molecule has 0 aromatic heterocycles. The van der Waals surface area contributed by atoms with Crippen molar-refractivity contribution in [2.75, 3.05) is 0 Å². The van der Waals surface area contributed by atoms with Crippen LogP contribution in [0.2, 0.25) is 0 Å². The van der Waals surface area contributed by atoms with Gasteiger partial charge < -0.3 is 4.74 Å². The Labute approximate surface area is 91.7 Å². The highest BCUT2D eigenvalue weighted by Crippen LogP contribution is 2.60. The summed E-state index contributed by atoms with van der Waals surface area (Å²) < 4.78 is 5.36. The molecule has 2 aliphatic rings. The van der Waals surface area contributed by atoms with Crippen LogP contribution in [0, 0.1) is 11.3 Å². The van der Waals surface area contributed by atoms with Crippen molar-refractivity contribution in [1.29, 1.82) is 0 Å². The summed E-state index contributed by atoms with van der Waals surface area (Å²) in [6.45, 7) is 5.76. The molecule has 0 spiro atoms. The molecule has 1 fully saturated rings. The summed E-state index contributed by atoms with van der Waals surface area (Å²) in [6, 6.07) is 0. The third-order valence-corrected chi connectivity index (χ3v) is 3.30. The molecular weight excluding hydrogens is 188 g/mol. The summed E-state index contributed by atoms with van der Waals surface area (Å²) in [5, 5.41) is 0. The highest BCUT2D eigenvalue weighted by Gasteiger charge is 2.54. The highest BCUT2D eigenvalue weighted by atomic mass is 16.6. The second-order valence-electron chi connectivity index (χ2n) is 5.88. The van der Waals surface area contributed by atoms with Crippen LogP contribution in [0.25, 0.3) is 0 Å². The van der Waals surface area contributed by atoms with Gasteiger partial charge in [-0.05, 0) is 46.0 Å². The Balaban J connectivity index is 1.90. The molecule has 0 aromatic carbocycles. The Morgan fingerprint density at radius 1 is 1.53 bits per heavy atom. The van der Waals surface area contributed by atoms with Crippen molar-refractivity contribution in [3.05, 3.63) is 12.2 Å². The lowest BCUT2D eigenvalue weighted by atomic mass is 9.92. The SMILES string of the molecule is CC(C)(C)OC(=O)CC12C=CCCC1C2. The van der Waals surface area contributed by atoms with Crippen LogP contribution in [0.1, 0.15) is 46.5 Å². The molecule has 84 valence electrons. The fraction of sp³-hybridized carbons (Fsp3) is 0.769. The fourth-order valence-corrected chi connectivity index (χ4v) is 2.53. The van der Waals surface area contributed by atoms with E-state index in [0.717, 1.165) is 5.92 Å². The van der Waals surface area contributed by atoms with Crippen LogP contribution in [0.3, 0.4) is 0 Å². The Bertz CT molecular complexity index is 298. The molecule has 0 saturated heterocycles. The number of esters is 1. The molecular formula is C13H20O2. The first-order valence-electron chi connectivity index (χ1n) is 5.81. The second kappa shape index (κ2) is 3.36. The number of hydrogen-bond donors (Lipinski definition) is 0. The van der Waals surface area contributed by atoms with E-state index in [1.165, 1.54) is 19.3 Å². The Morgan fingerprint density at radius 2 is 2.27 bits per heavy atom. The Kier molecular flexibility index (Phi) is 2.40. The van der Waals surface area contributed by atoms with Gasteiger partial charge in [-0.15, -0.1) is 0 Å². The number of rotatable bonds is 2. The number of hydrogen-bond acceptors (Lipinski definition) is 2. The molecule has 0 aliphatic heterocycles. The standard InChI is InChI=1S/C13H20O2/c1-12(2,3)15-11(14)9-13-7-5-4-6-10(13)8-13/h5,7,10H,4,6,8-9H2,1-3H3. The minimum atomic E-state index is -0.351. The fourth-order valence-electron chi connectivity index (χ4n) is 2.53.